The Morgan fingerprint density at radius 2 is 1.11 bits per heavy atom. The third-order valence-electron chi connectivity index (χ3n) is 11.4. The lowest BCUT2D eigenvalue weighted by molar-refractivity contribution is 0.476. The Balaban J connectivity index is 1.08. The van der Waals surface area contributed by atoms with Gasteiger partial charge in [0, 0.05) is 44.5 Å². The van der Waals surface area contributed by atoms with Crippen LogP contribution in [-0.4, -0.2) is 4.57 Å². The second-order valence-electron chi connectivity index (χ2n) is 14.5. The molecule has 4 heteroatoms. The van der Waals surface area contributed by atoms with E-state index in [1.54, 1.807) is 0 Å². The fraction of sp³-hybridized carbons (Fsp3) is 0. The maximum absolute atomic E-state index is 6.47. The lowest BCUT2D eigenvalue weighted by Gasteiger charge is -2.28. The summed E-state index contributed by atoms with van der Waals surface area (Å²) in [5, 5.41) is 7.03. The molecule has 1 aliphatic heterocycles. The Morgan fingerprint density at radius 1 is 0.411 bits per heavy atom. The van der Waals surface area contributed by atoms with Crippen molar-refractivity contribution < 1.29 is 9.15 Å². The summed E-state index contributed by atoms with van der Waals surface area (Å²) in [6.07, 6.45) is 0. The maximum Gasteiger partial charge on any atom is 0.152 e. The van der Waals surface area contributed by atoms with Gasteiger partial charge in [-0.25, -0.2) is 0 Å². The van der Waals surface area contributed by atoms with Crippen LogP contribution in [-0.2, 0) is 0 Å². The monoisotopic (exact) mass is 716 g/mol. The smallest absolute Gasteiger partial charge is 0.152 e. The lowest BCUT2D eigenvalue weighted by atomic mass is 9.97. The van der Waals surface area contributed by atoms with Crippen LogP contribution >= 0.6 is 0 Å². The van der Waals surface area contributed by atoms with Crippen LogP contribution in [0.3, 0.4) is 0 Å². The number of benzene rings is 9. The summed E-state index contributed by atoms with van der Waals surface area (Å²) in [6.45, 7) is 0. The fourth-order valence-electron chi connectivity index (χ4n) is 8.87. The van der Waals surface area contributed by atoms with E-state index in [0.717, 1.165) is 83.9 Å². The van der Waals surface area contributed by atoms with E-state index in [1.165, 1.54) is 27.1 Å². The van der Waals surface area contributed by atoms with Crippen molar-refractivity contribution in [2.75, 3.05) is 4.90 Å². The summed E-state index contributed by atoms with van der Waals surface area (Å²) in [5.41, 5.74) is 12.8. The highest BCUT2D eigenvalue weighted by atomic mass is 16.5. The molecule has 3 heterocycles. The summed E-state index contributed by atoms with van der Waals surface area (Å²) in [5.74, 6) is 1.74. The molecule has 0 bridgehead atoms. The molecule has 2 aromatic heterocycles. The molecule has 0 radical (unpaired) electrons. The van der Waals surface area contributed by atoms with E-state index >= 15 is 0 Å². The number of ether oxygens (including phenoxy) is 1. The van der Waals surface area contributed by atoms with Gasteiger partial charge in [0.1, 0.15) is 11.2 Å². The van der Waals surface area contributed by atoms with Crippen molar-refractivity contribution in [2.24, 2.45) is 0 Å². The first-order valence-electron chi connectivity index (χ1n) is 19.0. The van der Waals surface area contributed by atoms with Crippen LogP contribution in [0.1, 0.15) is 0 Å². The van der Waals surface area contributed by atoms with Crippen LogP contribution in [0.2, 0.25) is 0 Å². The Hall–Kier alpha value is -7.56. The minimum absolute atomic E-state index is 0.856. The molecule has 0 atom stereocenters. The number of fused-ring (bicyclic) bond motifs is 9. The first-order chi connectivity index (χ1) is 27.8. The molecule has 0 unspecified atom stereocenters. The standard InChI is InChI=1S/C52H32N2O2/c1-2-16-38-33(12-1)13-10-19-39(38)34-14-9-15-36(30-34)53(37-27-28-42-41-18-4-7-23-48(41)55-51(42)32-37)45-21-5-3-17-40(45)35-26-29-46-44(31-35)43-20-11-25-50-52(43)54(46)47-22-6-8-24-49(47)56-50/h1-32H. The summed E-state index contributed by atoms with van der Waals surface area (Å²) in [6, 6.07) is 69.2. The second-order valence-corrected chi connectivity index (χ2v) is 14.5. The largest absolute Gasteiger partial charge is 0.456 e. The molecule has 9 aromatic carbocycles. The zero-order valence-corrected chi connectivity index (χ0v) is 30.2. The number of anilines is 3. The normalized spacial score (nSPS) is 12.1. The van der Waals surface area contributed by atoms with Gasteiger partial charge in [-0.2, -0.15) is 0 Å². The molecule has 0 saturated heterocycles. The third kappa shape index (κ3) is 4.60. The molecular weight excluding hydrogens is 685 g/mol. The van der Waals surface area contributed by atoms with Gasteiger partial charge >= 0.3 is 0 Å². The van der Waals surface area contributed by atoms with E-state index in [-0.39, 0.29) is 0 Å². The second kappa shape index (κ2) is 12.0. The quantitative estimate of drug-likeness (QED) is 0.178. The van der Waals surface area contributed by atoms with E-state index in [2.05, 4.69) is 179 Å². The van der Waals surface area contributed by atoms with Crippen molar-refractivity contribution >= 4 is 71.6 Å². The SMILES string of the molecule is c1cc(-c2cccc3ccccc23)cc(N(c2ccc3c(c2)oc2ccccc23)c2ccccc2-c2ccc3c(c2)c2cccc4c2n3-c2ccccc2O4)c1. The summed E-state index contributed by atoms with van der Waals surface area (Å²) < 4.78 is 15.2. The van der Waals surface area contributed by atoms with Gasteiger partial charge < -0.3 is 18.6 Å². The predicted octanol–water partition coefficient (Wildman–Crippen LogP) is 14.7. The van der Waals surface area contributed by atoms with Gasteiger partial charge in [0.25, 0.3) is 0 Å². The van der Waals surface area contributed by atoms with Crippen LogP contribution in [0.5, 0.6) is 11.5 Å². The van der Waals surface area contributed by atoms with Gasteiger partial charge in [-0.15, -0.1) is 0 Å². The molecule has 262 valence electrons. The highest BCUT2D eigenvalue weighted by Gasteiger charge is 2.25. The molecule has 0 saturated carbocycles. The Kier molecular flexibility index (Phi) is 6.60. The predicted molar refractivity (Wildman–Crippen MR) is 231 cm³/mol. The highest BCUT2D eigenvalue weighted by Crippen LogP contribution is 2.48. The summed E-state index contributed by atoms with van der Waals surface area (Å²) in [4.78, 5) is 2.38. The number of hydrogen-bond acceptors (Lipinski definition) is 3. The van der Waals surface area contributed by atoms with E-state index in [4.69, 9.17) is 9.15 Å². The van der Waals surface area contributed by atoms with Crippen molar-refractivity contribution in [2.45, 2.75) is 0 Å². The van der Waals surface area contributed by atoms with Gasteiger partial charge in [-0.05, 0) is 94.2 Å². The fourth-order valence-corrected chi connectivity index (χ4v) is 8.87. The molecular formula is C52H32N2O2. The van der Waals surface area contributed by atoms with Crippen molar-refractivity contribution in [3.8, 4) is 39.4 Å². The van der Waals surface area contributed by atoms with Crippen LogP contribution in [0.25, 0.3) is 82.5 Å². The van der Waals surface area contributed by atoms with Gasteiger partial charge in [0.2, 0.25) is 0 Å². The molecule has 0 amide bonds. The van der Waals surface area contributed by atoms with Crippen molar-refractivity contribution in [1.82, 2.24) is 4.57 Å². The van der Waals surface area contributed by atoms with Crippen LogP contribution in [0.15, 0.2) is 199 Å². The average molecular weight is 717 g/mol. The minimum Gasteiger partial charge on any atom is -0.456 e. The number of aromatic nitrogens is 1. The molecule has 11 aromatic rings. The highest BCUT2D eigenvalue weighted by molar-refractivity contribution is 6.13. The molecule has 4 nitrogen and oxygen atoms in total. The third-order valence-corrected chi connectivity index (χ3v) is 11.4. The van der Waals surface area contributed by atoms with E-state index < -0.39 is 0 Å². The molecule has 56 heavy (non-hydrogen) atoms. The lowest BCUT2D eigenvalue weighted by Crippen LogP contribution is -2.11. The number of para-hydroxylation sites is 5. The van der Waals surface area contributed by atoms with Gasteiger partial charge in [0.15, 0.2) is 11.5 Å². The first kappa shape index (κ1) is 30.9. The van der Waals surface area contributed by atoms with Crippen LogP contribution in [0, 0.1) is 0 Å². The average Bonchev–Trinajstić information content (AvgIpc) is 3.80. The number of furan rings is 1. The van der Waals surface area contributed by atoms with E-state index in [1.807, 2.05) is 24.3 Å². The van der Waals surface area contributed by atoms with Crippen LogP contribution in [0.4, 0.5) is 17.1 Å². The molecule has 0 fully saturated rings. The van der Waals surface area contributed by atoms with Crippen molar-refractivity contribution in [3.05, 3.63) is 194 Å². The van der Waals surface area contributed by atoms with Crippen molar-refractivity contribution in [1.29, 1.82) is 0 Å². The Labute approximate surface area is 322 Å². The molecule has 0 aliphatic carbocycles. The van der Waals surface area contributed by atoms with Crippen molar-refractivity contribution in [3.63, 3.8) is 0 Å². The molecule has 1 aliphatic rings. The number of rotatable bonds is 5. The zero-order valence-electron chi connectivity index (χ0n) is 30.2. The number of nitrogens with zero attached hydrogens (tertiary/aromatic N) is 2. The summed E-state index contributed by atoms with van der Waals surface area (Å²) in [7, 11) is 0. The number of hydrogen-bond donors (Lipinski definition) is 0. The zero-order chi connectivity index (χ0) is 36.7. The minimum atomic E-state index is 0.856. The first-order valence-corrected chi connectivity index (χ1v) is 19.0. The van der Waals surface area contributed by atoms with Gasteiger partial charge in [-0.3, -0.25) is 0 Å². The topological polar surface area (TPSA) is 30.5 Å². The van der Waals surface area contributed by atoms with Gasteiger partial charge in [0.05, 0.1) is 22.4 Å². The van der Waals surface area contributed by atoms with Crippen LogP contribution < -0.4 is 9.64 Å². The summed E-state index contributed by atoms with van der Waals surface area (Å²) >= 11 is 0. The maximum atomic E-state index is 6.47. The van der Waals surface area contributed by atoms with E-state index in [9.17, 15) is 0 Å². The van der Waals surface area contributed by atoms with E-state index in [0.29, 0.717) is 0 Å². The van der Waals surface area contributed by atoms with Gasteiger partial charge in [-0.1, -0.05) is 121 Å². The molecule has 0 N–H and O–H groups in total. The molecule has 0 spiro atoms. The Morgan fingerprint density at radius 3 is 2.09 bits per heavy atom. The molecule has 12 rings (SSSR count). The Bertz CT molecular complexity index is 3360.